The van der Waals surface area contributed by atoms with E-state index in [1.807, 2.05) is 72.8 Å². The third-order valence-corrected chi connectivity index (χ3v) is 10.9. The fraction of sp³-hybridized carbons (Fsp3) is 0. The van der Waals surface area contributed by atoms with E-state index in [-0.39, 0.29) is 5.82 Å². The predicted molar refractivity (Wildman–Crippen MR) is 230 cm³/mol. The van der Waals surface area contributed by atoms with Gasteiger partial charge in [-0.1, -0.05) is 133 Å². The number of benzene rings is 8. The molecule has 0 radical (unpaired) electrons. The topological polar surface area (TPSA) is 48.5 Å². The summed E-state index contributed by atoms with van der Waals surface area (Å²) < 4.78 is 19.0. The summed E-state index contributed by atoms with van der Waals surface area (Å²) in [4.78, 5) is 15.2. The highest BCUT2D eigenvalue weighted by atomic mass is 19.1. The number of aromatic nitrogens is 5. The average Bonchev–Trinajstić information content (AvgIpc) is 3.79. The maximum absolute atomic E-state index is 14.3. The zero-order valence-electron chi connectivity index (χ0n) is 30.6. The molecule has 0 fully saturated rings. The van der Waals surface area contributed by atoms with E-state index in [0.29, 0.717) is 17.5 Å². The molecule has 6 heteroatoms. The molecule has 5 nitrogen and oxygen atoms in total. The Hall–Kier alpha value is -7.70. The zero-order valence-corrected chi connectivity index (χ0v) is 30.6. The van der Waals surface area contributed by atoms with Crippen LogP contribution in [0.4, 0.5) is 4.39 Å². The summed E-state index contributed by atoms with van der Waals surface area (Å²) in [6.07, 6.45) is 0. The van der Waals surface area contributed by atoms with Gasteiger partial charge < -0.3 is 9.13 Å². The first-order valence-corrected chi connectivity index (χ1v) is 19.0. The van der Waals surface area contributed by atoms with Crippen LogP contribution < -0.4 is 0 Å². The minimum absolute atomic E-state index is 0.291. The van der Waals surface area contributed by atoms with Crippen molar-refractivity contribution in [3.8, 4) is 56.7 Å². The number of para-hydroxylation sites is 3. The molecule has 0 saturated carbocycles. The van der Waals surface area contributed by atoms with Crippen molar-refractivity contribution in [2.45, 2.75) is 0 Å². The molecule has 0 atom stereocenters. The molecule has 0 spiro atoms. The van der Waals surface area contributed by atoms with Crippen LogP contribution in [0.25, 0.3) is 100 Å². The molecule has 11 rings (SSSR count). The lowest BCUT2D eigenvalue weighted by Gasteiger charge is -2.16. The monoisotopic (exact) mass is 733 g/mol. The Labute approximate surface area is 327 Å². The molecule has 3 aromatic heterocycles. The average molecular weight is 734 g/mol. The van der Waals surface area contributed by atoms with Crippen LogP contribution in [0.5, 0.6) is 0 Å². The van der Waals surface area contributed by atoms with E-state index in [9.17, 15) is 4.39 Å². The van der Waals surface area contributed by atoms with Gasteiger partial charge in [-0.3, -0.25) is 0 Å². The Kier molecular flexibility index (Phi) is 7.60. The van der Waals surface area contributed by atoms with Gasteiger partial charge >= 0.3 is 0 Å². The van der Waals surface area contributed by atoms with Crippen LogP contribution >= 0.6 is 0 Å². The predicted octanol–water partition coefficient (Wildman–Crippen LogP) is 12.9. The van der Waals surface area contributed by atoms with E-state index >= 15 is 0 Å². The number of fused-ring (bicyclic) bond motifs is 6. The molecule has 3 heterocycles. The minimum atomic E-state index is -0.291. The summed E-state index contributed by atoms with van der Waals surface area (Å²) in [6, 6.07) is 65.5. The molecule has 0 amide bonds. The van der Waals surface area contributed by atoms with Crippen molar-refractivity contribution in [3.63, 3.8) is 0 Å². The van der Waals surface area contributed by atoms with E-state index < -0.39 is 0 Å². The second kappa shape index (κ2) is 13.3. The first-order valence-electron chi connectivity index (χ1n) is 19.0. The Bertz CT molecular complexity index is 3180. The summed E-state index contributed by atoms with van der Waals surface area (Å²) in [5.41, 5.74) is 10.9. The van der Waals surface area contributed by atoms with Crippen molar-refractivity contribution >= 4 is 43.6 Å². The van der Waals surface area contributed by atoms with Gasteiger partial charge in [-0.25, -0.2) is 19.3 Å². The lowest BCUT2D eigenvalue weighted by Crippen LogP contribution is -2.02. The minimum Gasteiger partial charge on any atom is -0.309 e. The molecule has 0 aliphatic carbocycles. The van der Waals surface area contributed by atoms with Gasteiger partial charge in [0.2, 0.25) is 0 Å². The molecule has 0 N–H and O–H groups in total. The lowest BCUT2D eigenvalue weighted by atomic mass is 9.98. The summed E-state index contributed by atoms with van der Waals surface area (Å²) >= 11 is 0. The van der Waals surface area contributed by atoms with Crippen LogP contribution in [0.15, 0.2) is 194 Å². The van der Waals surface area contributed by atoms with Gasteiger partial charge in [-0.15, -0.1) is 0 Å². The molecular weight excluding hydrogens is 702 g/mol. The number of rotatable bonds is 6. The highest BCUT2D eigenvalue weighted by Gasteiger charge is 2.20. The Balaban J connectivity index is 1.15. The fourth-order valence-corrected chi connectivity index (χ4v) is 8.25. The highest BCUT2D eigenvalue weighted by Crippen LogP contribution is 2.39. The van der Waals surface area contributed by atoms with E-state index in [2.05, 4.69) is 118 Å². The Morgan fingerprint density at radius 3 is 1.32 bits per heavy atom. The quantitative estimate of drug-likeness (QED) is 0.171. The van der Waals surface area contributed by atoms with Crippen molar-refractivity contribution < 1.29 is 4.39 Å². The van der Waals surface area contributed by atoms with E-state index in [1.165, 1.54) is 33.9 Å². The third kappa shape index (κ3) is 5.49. The molecule has 0 bridgehead atoms. The SMILES string of the molecule is Fc1ccc(-c2ccc(-n3c4ccccc4c4cc(-n5c6ccccc6c6ccccc65)ccc43)cc2-c2nc(-c3ccccc3)nc(-c3ccccc3)n2)cc1. The van der Waals surface area contributed by atoms with Crippen LogP contribution in [0.1, 0.15) is 0 Å². The van der Waals surface area contributed by atoms with Gasteiger partial charge in [0.05, 0.1) is 22.1 Å². The lowest BCUT2D eigenvalue weighted by molar-refractivity contribution is 0.628. The molecule has 0 unspecified atom stereocenters. The zero-order chi connectivity index (χ0) is 37.9. The molecule has 8 aromatic carbocycles. The fourth-order valence-electron chi connectivity index (χ4n) is 8.25. The standard InChI is InChI=1S/C51H32FN5/c52-36-25-23-33(24-26-36)39-29-27-37(32-44(39)51-54-49(34-13-3-1-4-14-34)53-50(55-51)35-15-5-2-6-16-35)57-47-22-12-9-19-42(47)43-31-38(28-30-48(43)57)56-45-20-10-7-17-40(45)41-18-8-11-21-46(41)56/h1-32H. The molecule has 0 aliphatic heterocycles. The van der Waals surface area contributed by atoms with Crippen molar-refractivity contribution in [2.75, 3.05) is 0 Å². The maximum atomic E-state index is 14.3. The van der Waals surface area contributed by atoms with Gasteiger partial charge in [-0.05, 0) is 71.8 Å². The first-order chi connectivity index (χ1) is 28.2. The summed E-state index contributed by atoms with van der Waals surface area (Å²) in [6.45, 7) is 0. The summed E-state index contributed by atoms with van der Waals surface area (Å²) in [5, 5.41) is 4.76. The number of hydrogen-bond donors (Lipinski definition) is 0. The molecule has 268 valence electrons. The van der Waals surface area contributed by atoms with Crippen molar-refractivity contribution in [1.82, 2.24) is 24.1 Å². The number of hydrogen-bond acceptors (Lipinski definition) is 3. The van der Waals surface area contributed by atoms with Gasteiger partial charge in [0.25, 0.3) is 0 Å². The summed E-state index contributed by atoms with van der Waals surface area (Å²) in [7, 11) is 0. The smallest absolute Gasteiger partial charge is 0.164 e. The van der Waals surface area contributed by atoms with Gasteiger partial charge in [0, 0.05) is 49.6 Å². The first kappa shape index (κ1) is 32.7. The Morgan fingerprint density at radius 2 is 0.754 bits per heavy atom. The maximum Gasteiger partial charge on any atom is 0.164 e. The molecule has 57 heavy (non-hydrogen) atoms. The third-order valence-electron chi connectivity index (χ3n) is 10.9. The van der Waals surface area contributed by atoms with Crippen LogP contribution in [-0.2, 0) is 0 Å². The largest absolute Gasteiger partial charge is 0.309 e. The van der Waals surface area contributed by atoms with Crippen molar-refractivity contribution in [3.05, 3.63) is 200 Å². The van der Waals surface area contributed by atoms with Crippen molar-refractivity contribution in [2.24, 2.45) is 0 Å². The molecular formula is C51H32FN5. The van der Waals surface area contributed by atoms with Crippen LogP contribution in [0.3, 0.4) is 0 Å². The number of halogens is 1. The van der Waals surface area contributed by atoms with E-state index in [0.717, 1.165) is 61.0 Å². The van der Waals surface area contributed by atoms with Crippen molar-refractivity contribution in [1.29, 1.82) is 0 Å². The highest BCUT2D eigenvalue weighted by molar-refractivity contribution is 6.12. The molecule has 0 aliphatic rings. The van der Waals surface area contributed by atoms with Gasteiger partial charge in [0.15, 0.2) is 17.5 Å². The molecule has 11 aromatic rings. The van der Waals surface area contributed by atoms with Gasteiger partial charge in [0.1, 0.15) is 5.82 Å². The summed E-state index contributed by atoms with van der Waals surface area (Å²) in [5.74, 6) is 1.38. The molecule has 0 saturated heterocycles. The van der Waals surface area contributed by atoms with E-state index in [1.54, 1.807) is 0 Å². The second-order valence-electron chi connectivity index (χ2n) is 14.2. The van der Waals surface area contributed by atoms with Crippen LogP contribution in [0, 0.1) is 5.82 Å². The Morgan fingerprint density at radius 1 is 0.316 bits per heavy atom. The van der Waals surface area contributed by atoms with Crippen LogP contribution in [-0.4, -0.2) is 24.1 Å². The van der Waals surface area contributed by atoms with Gasteiger partial charge in [-0.2, -0.15) is 0 Å². The normalized spacial score (nSPS) is 11.6. The number of nitrogens with zero attached hydrogens (tertiary/aromatic N) is 5. The second-order valence-corrected chi connectivity index (χ2v) is 14.2. The van der Waals surface area contributed by atoms with Crippen LogP contribution in [0.2, 0.25) is 0 Å². The van der Waals surface area contributed by atoms with E-state index in [4.69, 9.17) is 15.0 Å².